The van der Waals surface area contributed by atoms with Crippen LogP contribution in [0.15, 0.2) is 28.8 Å². The summed E-state index contributed by atoms with van der Waals surface area (Å²) in [7, 11) is 2.16. The second-order valence-electron chi connectivity index (χ2n) is 8.08. The molecule has 26 heavy (non-hydrogen) atoms. The van der Waals surface area contributed by atoms with Gasteiger partial charge in [0.1, 0.15) is 0 Å². The van der Waals surface area contributed by atoms with Gasteiger partial charge in [-0.05, 0) is 50.8 Å². The van der Waals surface area contributed by atoms with Crippen LogP contribution in [-0.4, -0.2) is 58.6 Å². The number of benzene rings is 1. The summed E-state index contributed by atoms with van der Waals surface area (Å²) in [5.74, 6) is 2.55. The lowest BCUT2D eigenvalue weighted by Gasteiger charge is -2.36. The Kier molecular flexibility index (Phi) is 3.81. The van der Waals surface area contributed by atoms with E-state index in [1.165, 1.54) is 6.42 Å². The minimum atomic E-state index is 0.147. The number of hydrogen-bond acceptors (Lipinski definition) is 5. The number of fused-ring (bicyclic) bond motifs is 4. The van der Waals surface area contributed by atoms with Gasteiger partial charge in [-0.2, -0.15) is 4.98 Å². The molecule has 3 aliphatic heterocycles. The SMILES string of the molecule is CN1C[C@H]2CC[C@@H](C1)N(C(=O)c1ccc(-c3noc(C4CC4)n3)cc1)C2. The third kappa shape index (κ3) is 2.92. The van der Waals surface area contributed by atoms with Crippen molar-refractivity contribution in [3.8, 4) is 11.4 Å². The molecule has 1 aromatic heterocycles. The van der Waals surface area contributed by atoms with Gasteiger partial charge in [0.25, 0.3) is 5.91 Å². The van der Waals surface area contributed by atoms with Crippen molar-refractivity contribution < 1.29 is 9.32 Å². The molecular weight excluding hydrogens is 328 g/mol. The van der Waals surface area contributed by atoms with Crippen LogP contribution >= 0.6 is 0 Å². The molecule has 4 fully saturated rings. The van der Waals surface area contributed by atoms with Gasteiger partial charge >= 0.3 is 0 Å². The second kappa shape index (κ2) is 6.20. The first kappa shape index (κ1) is 16.0. The van der Waals surface area contributed by atoms with Gasteiger partial charge in [-0.25, -0.2) is 0 Å². The monoisotopic (exact) mass is 352 g/mol. The van der Waals surface area contributed by atoms with Gasteiger partial charge in [-0.3, -0.25) is 4.79 Å². The predicted molar refractivity (Wildman–Crippen MR) is 96.8 cm³/mol. The van der Waals surface area contributed by atoms with E-state index < -0.39 is 0 Å². The minimum absolute atomic E-state index is 0.147. The molecule has 6 nitrogen and oxygen atoms in total. The van der Waals surface area contributed by atoms with E-state index in [2.05, 4.69) is 27.0 Å². The second-order valence-corrected chi connectivity index (χ2v) is 8.08. The van der Waals surface area contributed by atoms with Gasteiger partial charge in [0, 0.05) is 42.7 Å². The number of carbonyl (C=O) groups excluding carboxylic acids is 1. The molecule has 2 bridgehead atoms. The van der Waals surface area contributed by atoms with Crippen LogP contribution in [0.2, 0.25) is 0 Å². The van der Waals surface area contributed by atoms with Crippen LogP contribution in [-0.2, 0) is 0 Å². The van der Waals surface area contributed by atoms with Crippen LogP contribution in [0.5, 0.6) is 0 Å². The van der Waals surface area contributed by atoms with E-state index in [0.29, 0.717) is 23.7 Å². The van der Waals surface area contributed by atoms with E-state index in [-0.39, 0.29) is 5.91 Å². The third-order valence-corrected chi connectivity index (χ3v) is 5.92. The molecule has 4 aliphatic rings. The molecule has 1 aromatic carbocycles. The van der Waals surface area contributed by atoms with Crippen molar-refractivity contribution in [1.82, 2.24) is 19.9 Å². The van der Waals surface area contributed by atoms with E-state index in [1.54, 1.807) is 0 Å². The first-order valence-corrected chi connectivity index (χ1v) is 9.61. The molecule has 6 rings (SSSR count). The maximum Gasteiger partial charge on any atom is 0.254 e. The van der Waals surface area contributed by atoms with Crippen molar-refractivity contribution >= 4 is 5.91 Å². The molecule has 4 heterocycles. The Morgan fingerprint density at radius 1 is 1.08 bits per heavy atom. The Morgan fingerprint density at radius 3 is 2.65 bits per heavy atom. The molecule has 1 saturated carbocycles. The molecule has 0 unspecified atom stereocenters. The highest BCUT2D eigenvalue weighted by Gasteiger charge is 2.36. The molecule has 0 radical (unpaired) electrons. The van der Waals surface area contributed by atoms with Crippen molar-refractivity contribution in [3.63, 3.8) is 0 Å². The van der Waals surface area contributed by atoms with Crippen LogP contribution in [0.3, 0.4) is 0 Å². The van der Waals surface area contributed by atoms with E-state index >= 15 is 0 Å². The van der Waals surface area contributed by atoms with E-state index in [0.717, 1.165) is 55.9 Å². The molecule has 2 atom stereocenters. The largest absolute Gasteiger partial charge is 0.339 e. The molecule has 1 aliphatic carbocycles. The number of aromatic nitrogens is 2. The smallest absolute Gasteiger partial charge is 0.254 e. The summed E-state index contributed by atoms with van der Waals surface area (Å²) in [5.41, 5.74) is 1.64. The molecule has 1 amide bonds. The highest BCUT2D eigenvalue weighted by molar-refractivity contribution is 5.95. The van der Waals surface area contributed by atoms with Gasteiger partial charge < -0.3 is 14.3 Å². The Bertz CT molecular complexity index is 811. The van der Waals surface area contributed by atoms with Gasteiger partial charge in [0.05, 0.1) is 0 Å². The fourth-order valence-electron chi connectivity index (χ4n) is 4.34. The molecule has 3 saturated heterocycles. The Morgan fingerprint density at radius 2 is 1.88 bits per heavy atom. The molecule has 0 N–H and O–H groups in total. The average molecular weight is 352 g/mol. The number of piperidine rings is 1. The number of likely N-dealkylation sites (N-methyl/N-ethyl adjacent to an activating group) is 1. The van der Waals surface area contributed by atoms with Gasteiger partial charge in [-0.15, -0.1) is 0 Å². The van der Waals surface area contributed by atoms with Gasteiger partial charge in [0.15, 0.2) is 0 Å². The van der Waals surface area contributed by atoms with Crippen LogP contribution in [0, 0.1) is 5.92 Å². The fourth-order valence-corrected chi connectivity index (χ4v) is 4.34. The predicted octanol–water partition coefficient (Wildman–Crippen LogP) is 2.78. The summed E-state index contributed by atoms with van der Waals surface area (Å²) in [6.45, 7) is 2.96. The molecule has 0 spiro atoms. The summed E-state index contributed by atoms with van der Waals surface area (Å²) < 4.78 is 5.33. The zero-order valence-electron chi connectivity index (χ0n) is 15.1. The fraction of sp³-hybridized carbons (Fsp3) is 0.550. The topological polar surface area (TPSA) is 62.5 Å². The van der Waals surface area contributed by atoms with Crippen molar-refractivity contribution in [3.05, 3.63) is 35.7 Å². The molecular formula is C20H24N4O2. The Hall–Kier alpha value is -2.21. The zero-order valence-corrected chi connectivity index (χ0v) is 15.1. The van der Waals surface area contributed by atoms with E-state index in [4.69, 9.17) is 4.52 Å². The summed E-state index contributed by atoms with van der Waals surface area (Å²) in [4.78, 5) is 22.0. The maximum atomic E-state index is 13.1. The summed E-state index contributed by atoms with van der Waals surface area (Å²) in [6.07, 6.45) is 4.63. The highest BCUT2D eigenvalue weighted by atomic mass is 16.5. The Labute approximate surface area is 153 Å². The van der Waals surface area contributed by atoms with Crippen LogP contribution in [0.1, 0.15) is 47.8 Å². The quantitative estimate of drug-likeness (QED) is 0.850. The minimum Gasteiger partial charge on any atom is -0.339 e. The molecule has 6 heteroatoms. The number of hydrogen-bond donors (Lipinski definition) is 0. The summed E-state index contributed by atoms with van der Waals surface area (Å²) in [6, 6.07) is 7.98. The number of rotatable bonds is 3. The zero-order chi connectivity index (χ0) is 17.7. The van der Waals surface area contributed by atoms with Crippen molar-refractivity contribution in [2.75, 3.05) is 26.7 Å². The lowest BCUT2D eigenvalue weighted by atomic mass is 9.94. The first-order valence-electron chi connectivity index (χ1n) is 9.61. The van der Waals surface area contributed by atoms with Crippen LogP contribution < -0.4 is 0 Å². The third-order valence-electron chi connectivity index (χ3n) is 5.92. The normalized spacial score (nSPS) is 26.1. The molecule has 2 aromatic rings. The molecule has 136 valence electrons. The maximum absolute atomic E-state index is 13.1. The van der Waals surface area contributed by atoms with Crippen molar-refractivity contribution in [2.24, 2.45) is 5.92 Å². The van der Waals surface area contributed by atoms with Crippen molar-refractivity contribution in [1.29, 1.82) is 0 Å². The van der Waals surface area contributed by atoms with Gasteiger partial charge in [-0.1, -0.05) is 17.3 Å². The highest BCUT2D eigenvalue weighted by Crippen LogP contribution is 2.39. The van der Waals surface area contributed by atoms with E-state index in [9.17, 15) is 4.79 Å². The van der Waals surface area contributed by atoms with Gasteiger partial charge in [0.2, 0.25) is 11.7 Å². The van der Waals surface area contributed by atoms with Crippen LogP contribution in [0.25, 0.3) is 11.4 Å². The van der Waals surface area contributed by atoms with E-state index in [1.807, 2.05) is 24.3 Å². The van der Waals surface area contributed by atoms with Crippen molar-refractivity contribution in [2.45, 2.75) is 37.6 Å². The number of amides is 1. The lowest BCUT2D eigenvalue weighted by Crippen LogP contribution is -2.47. The van der Waals surface area contributed by atoms with Crippen LogP contribution in [0.4, 0.5) is 0 Å². The summed E-state index contributed by atoms with van der Waals surface area (Å²) in [5, 5.41) is 4.08. The first-order chi connectivity index (χ1) is 12.7. The number of carbonyl (C=O) groups is 1. The standard InChI is InChI=1S/C20H24N4O2/c1-23-10-13-2-9-17(12-23)24(11-13)20(25)16-7-3-14(4-8-16)18-21-19(26-22-18)15-5-6-15/h3-4,7-8,13,15,17H,2,5-6,9-12H2,1H3/t13-,17+/m1/s1. The summed E-state index contributed by atoms with van der Waals surface area (Å²) >= 11 is 0. The number of nitrogens with zero attached hydrogens (tertiary/aromatic N) is 4. The Balaban J connectivity index is 1.34. The lowest BCUT2D eigenvalue weighted by molar-refractivity contribution is 0.0587. The average Bonchev–Trinajstić information content (AvgIpc) is 3.44.